The predicted molar refractivity (Wildman–Crippen MR) is 109 cm³/mol. The van der Waals surface area contributed by atoms with Gasteiger partial charge in [-0.2, -0.15) is 5.10 Å². The number of primary amides is 1. The summed E-state index contributed by atoms with van der Waals surface area (Å²) in [5, 5.41) is 13.7. The fourth-order valence-corrected chi connectivity index (χ4v) is 2.95. The molecule has 1 heterocycles. The monoisotopic (exact) mass is 371 g/mol. The minimum Gasteiger partial charge on any atom is -0.366 e. The Hall–Kier alpha value is -4.13. The molecule has 4 aromatic rings. The molecule has 0 saturated carbocycles. The highest BCUT2D eigenvalue weighted by atomic mass is 16.2. The van der Waals surface area contributed by atoms with Crippen LogP contribution in [0.3, 0.4) is 0 Å². The number of aromatic amines is 1. The van der Waals surface area contributed by atoms with Crippen molar-refractivity contribution in [1.29, 1.82) is 0 Å². The van der Waals surface area contributed by atoms with Crippen molar-refractivity contribution in [1.82, 2.24) is 10.2 Å². The lowest BCUT2D eigenvalue weighted by atomic mass is 10.0. The van der Waals surface area contributed by atoms with E-state index in [0.717, 1.165) is 16.5 Å². The lowest BCUT2D eigenvalue weighted by Crippen LogP contribution is -2.19. The molecule has 1 aromatic heterocycles. The summed E-state index contributed by atoms with van der Waals surface area (Å²) >= 11 is 0. The van der Waals surface area contributed by atoms with Crippen molar-refractivity contribution < 1.29 is 9.59 Å². The Labute approximate surface area is 160 Å². The van der Waals surface area contributed by atoms with Gasteiger partial charge in [-0.3, -0.25) is 9.89 Å². The van der Waals surface area contributed by atoms with Gasteiger partial charge in [0, 0.05) is 27.9 Å². The second-order valence-electron chi connectivity index (χ2n) is 6.22. The molecule has 4 rings (SSSR count). The van der Waals surface area contributed by atoms with Crippen LogP contribution in [-0.2, 0) is 0 Å². The number of hydrogen-bond acceptors (Lipinski definition) is 3. The van der Waals surface area contributed by atoms with Crippen LogP contribution >= 0.6 is 0 Å². The average Bonchev–Trinajstić information content (AvgIpc) is 3.12. The molecule has 138 valence electrons. The molecule has 0 atom stereocenters. The number of carbonyl (C=O) groups is 2. The maximum absolute atomic E-state index is 12.2. The van der Waals surface area contributed by atoms with Gasteiger partial charge in [0.1, 0.15) is 0 Å². The van der Waals surface area contributed by atoms with Crippen molar-refractivity contribution in [2.75, 3.05) is 10.6 Å². The summed E-state index contributed by atoms with van der Waals surface area (Å²) in [5.41, 5.74) is 9.37. The Morgan fingerprint density at radius 1 is 0.857 bits per heavy atom. The number of nitrogens with zero attached hydrogens (tertiary/aromatic N) is 1. The van der Waals surface area contributed by atoms with Crippen LogP contribution in [0.25, 0.3) is 22.2 Å². The standard InChI is InChI=1S/C21H17N5O2/c22-20(27)14-9-10-18-17(12-14)19(26-25-18)13-5-4-8-16(11-13)24-21(28)23-15-6-2-1-3-7-15/h1-12H,(H2,22,27)(H,25,26)(H2,23,24,28). The number of fused-ring (bicyclic) bond motifs is 1. The number of nitrogens with one attached hydrogen (secondary N) is 3. The summed E-state index contributed by atoms with van der Waals surface area (Å²) in [7, 11) is 0. The Kier molecular flexibility index (Phi) is 4.47. The topological polar surface area (TPSA) is 113 Å². The zero-order chi connectivity index (χ0) is 19.5. The average molecular weight is 371 g/mol. The zero-order valence-corrected chi connectivity index (χ0v) is 14.8. The molecule has 0 fully saturated rings. The molecule has 0 spiro atoms. The lowest BCUT2D eigenvalue weighted by molar-refractivity contribution is 0.100. The number of amides is 3. The minimum absolute atomic E-state index is 0.341. The Bertz CT molecular complexity index is 1170. The van der Waals surface area contributed by atoms with Gasteiger partial charge in [0.05, 0.1) is 11.2 Å². The lowest BCUT2D eigenvalue weighted by Gasteiger charge is -2.08. The van der Waals surface area contributed by atoms with Crippen LogP contribution in [0.15, 0.2) is 72.8 Å². The van der Waals surface area contributed by atoms with E-state index in [9.17, 15) is 9.59 Å². The third kappa shape index (κ3) is 3.54. The largest absolute Gasteiger partial charge is 0.366 e. The highest BCUT2D eigenvalue weighted by Gasteiger charge is 2.12. The molecule has 0 radical (unpaired) electrons. The summed E-state index contributed by atoms with van der Waals surface area (Å²) in [6.07, 6.45) is 0. The number of aromatic nitrogens is 2. The second-order valence-corrected chi connectivity index (χ2v) is 6.22. The van der Waals surface area contributed by atoms with Crippen LogP contribution in [0.4, 0.5) is 16.2 Å². The fourth-order valence-electron chi connectivity index (χ4n) is 2.95. The molecule has 0 aliphatic carbocycles. The van der Waals surface area contributed by atoms with E-state index in [2.05, 4.69) is 20.8 Å². The number of rotatable bonds is 4. The van der Waals surface area contributed by atoms with Gasteiger partial charge in [0.15, 0.2) is 0 Å². The first-order valence-corrected chi connectivity index (χ1v) is 8.61. The van der Waals surface area contributed by atoms with E-state index < -0.39 is 5.91 Å². The normalized spacial score (nSPS) is 10.6. The number of para-hydroxylation sites is 1. The van der Waals surface area contributed by atoms with E-state index >= 15 is 0 Å². The summed E-state index contributed by atoms with van der Waals surface area (Å²) in [5.74, 6) is -0.498. The van der Waals surface area contributed by atoms with E-state index in [1.807, 2.05) is 48.5 Å². The number of H-pyrrole nitrogens is 1. The molecule has 3 amide bonds. The van der Waals surface area contributed by atoms with Crippen LogP contribution in [0.1, 0.15) is 10.4 Å². The maximum atomic E-state index is 12.2. The first-order chi connectivity index (χ1) is 13.6. The first-order valence-electron chi connectivity index (χ1n) is 8.61. The number of benzene rings is 3. The number of nitrogens with two attached hydrogens (primary N) is 1. The van der Waals surface area contributed by atoms with Crippen molar-refractivity contribution in [2.24, 2.45) is 5.73 Å². The second kappa shape index (κ2) is 7.24. The predicted octanol–water partition coefficient (Wildman–Crippen LogP) is 3.97. The SMILES string of the molecule is NC(=O)c1ccc2[nH]nc(-c3cccc(NC(=O)Nc4ccccc4)c3)c2c1. The third-order valence-electron chi connectivity index (χ3n) is 4.27. The van der Waals surface area contributed by atoms with Gasteiger partial charge in [0.25, 0.3) is 0 Å². The number of anilines is 2. The summed E-state index contributed by atoms with van der Waals surface area (Å²) in [6, 6.07) is 21.3. The van der Waals surface area contributed by atoms with E-state index in [0.29, 0.717) is 22.6 Å². The van der Waals surface area contributed by atoms with Gasteiger partial charge in [-0.1, -0.05) is 30.3 Å². The van der Waals surface area contributed by atoms with E-state index in [-0.39, 0.29) is 6.03 Å². The summed E-state index contributed by atoms with van der Waals surface area (Å²) in [6.45, 7) is 0. The van der Waals surface area contributed by atoms with Crippen molar-refractivity contribution >= 4 is 34.2 Å². The van der Waals surface area contributed by atoms with Crippen molar-refractivity contribution in [3.05, 3.63) is 78.4 Å². The highest BCUT2D eigenvalue weighted by Crippen LogP contribution is 2.28. The van der Waals surface area contributed by atoms with Crippen molar-refractivity contribution in [3.63, 3.8) is 0 Å². The Morgan fingerprint density at radius 2 is 1.61 bits per heavy atom. The molecule has 7 heteroatoms. The maximum Gasteiger partial charge on any atom is 0.323 e. The van der Waals surface area contributed by atoms with Gasteiger partial charge in [-0.25, -0.2) is 4.79 Å². The van der Waals surface area contributed by atoms with Gasteiger partial charge >= 0.3 is 6.03 Å². The molecule has 5 N–H and O–H groups in total. The molecule has 0 aliphatic rings. The molecular weight excluding hydrogens is 354 g/mol. The van der Waals surface area contributed by atoms with Crippen LogP contribution in [0.2, 0.25) is 0 Å². The molecule has 7 nitrogen and oxygen atoms in total. The smallest absolute Gasteiger partial charge is 0.323 e. The molecule has 0 bridgehead atoms. The fraction of sp³-hybridized carbons (Fsp3) is 0. The van der Waals surface area contributed by atoms with Crippen LogP contribution in [0.5, 0.6) is 0 Å². The summed E-state index contributed by atoms with van der Waals surface area (Å²) in [4.78, 5) is 23.7. The number of urea groups is 1. The van der Waals surface area contributed by atoms with Gasteiger partial charge < -0.3 is 16.4 Å². The summed E-state index contributed by atoms with van der Waals surface area (Å²) < 4.78 is 0. The van der Waals surface area contributed by atoms with Gasteiger partial charge in [-0.05, 0) is 42.5 Å². The third-order valence-corrected chi connectivity index (χ3v) is 4.27. The first kappa shape index (κ1) is 17.3. The number of carbonyl (C=O) groups excluding carboxylic acids is 2. The molecule has 28 heavy (non-hydrogen) atoms. The minimum atomic E-state index is -0.498. The molecular formula is C21H17N5O2. The zero-order valence-electron chi connectivity index (χ0n) is 14.8. The van der Waals surface area contributed by atoms with Gasteiger partial charge in [0.2, 0.25) is 5.91 Å². The molecule has 0 aliphatic heterocycles. The van der Waals surface area contributed by atoms with Crippen LogP contribution < -0.4 is 16.4 Å². The van der Waals surface area contributed by atoms with E-state index in [4.69, 9.17) is 5.73 Å². The Morgan fingerprint density at radius 3 is 2.39 bits per heavy atom. The molecule has 3 aromatic carbocycles. The van der Waals surface area contributed by atoms with Crippen LogP contribution in [0, 0.1) is 0 Å². The van der Waals surface area contributed by atoms with Crippen LogP contribution in [-0.4, -0.2) is 22.1 Å². The molecule has 0 saturated heterocycles. The van der Waals surface area contributed by atoms with E-state index in [1.165, 1.54) is 0 Å². The number of hydrogen-bond donors (Lipinski definition) is 4. The highest BCUT2D eigenvalue weighted by molar-refractivity contribution is 6.02. The van der Waals surface area contributed by atoms with Crippen molar-refractivity contribution in [3.8, 4) is 11.3 Å². The van der Waals surface area contributed by atoms with E-state index in [1.54, 1.807) is 24.3 Å². The van der Waals surface area contributed by atoms with Gasteiger partial charge in [-0.15, -0.1) is 0 Å². The molecule has 0 unspecified atom stereocenters. The Balaban J connectivity index is 1.60. The quantitative estimate of drug-likeness (QED) is 0.435. The van der Waals surface area contributed by atoms with Crippen molar-refractivity contribution in [2.45, 2.75) is 0 Å².